The van der Waals surface area contributed by atoms with E-state index in [-0.39, 0.29) is 101 Å². The minimum atomic E-state index is -1.24. The van der Waals surface area contributed by atoms with Gasteiger partial charge in [-0.2, -0.15) is 0 Å². The monoisotopic (exact) mass is 1080 g/mol. The van der Waals surface area contributed by atoms with E-state index < -0.39 is 115 Å². The standard InChI is InChI=1S/C55H79N13O10/c1-33(2)61-22-6-5-11-38-29-47(72)45(27-34-15-19-41(69)20-16-34)66-49(74)32-64-48(73)21-18-39(53(78)68-44(50(56)75)13-8-24-63-55(59)60)28-42(70)31-65-51(76)40(26-35-14-17-36-9-3-4-10-37(36)25-35)30-46(71)43(67-52(38)77)12-7-23-62-54(57)58/h3-4,9-10,14-17,19-20,25,33,38-40,43-45,61,69H,5-8,11-13,18,21-24,26-32H2,1-2H3,(H2,56,75)(H,64,73)(H,65,76)(H,66,74)(H,67,77)(H,68,78)(H4,57,58,62)(H4,59,60,63)/t38-,39+,40-,43-,44+,45+/m1/s1. The number of phenols is 1. The van der Waals surface area contributed by atoms with E-state index in [4.69, 9.17) is 28.7 Å². The molecule has 23 heteroatoms. The van der Waals surface area contributed by atoms with E-state index in [1.54, 1.807) is 12.1 Å². The van der Waals surface area contributed by atoms with Crippen molar-refractivity contribution in [2.45, 2.75) is 128 Å². The van der Waals surface area contributed by atoms with Crippen LogP contribution in [0.5, 0.6) is 5.75 Å². The number of unbranched alkanes of at least 4 members (excludes halogenated alkanes) is 1. The largest absolute Gasteiger partial charge is 0.508 e. The summed E-state index contributed by atoms with van der Waals surface area (Å²) in [7, 11) is 0. The fraction of sp³-hybridized carbons (Fsp3) is 0.509. The van der Waals surface area contributed by atoms with Crippen LogP contribution in [0.2, 0.25) is 0 Å². The zero-order chi connectivity index (χ0) is 57.1. The Hall–Kier alpha value is -7.95. The van der Waals surface area contributed by atoms with E-state index in [2.05, 4.69) is 41.9 Å². The number of hydrogen-bond acceptors (Lipinski definition) is 13. The second-order valence-electron chi connectivity index (χ2n) is 20.1. The maximum absolute atomic E-state index is 14.7. The van der Waals surface area contributed by atoms with Crippen LogP contribution in [0.4, 0.5) is 0 Å². The molecule has 23 nitrogen and oxygen atoms in total. The number of benzene rings is 3. The van der Waals surface area contributed by atoms with Gasteiger partial charge < -0.3 is 65.7 Å². The van der Waals surface area contributed by atoms with Crippen LogP contribution in [0, 0.1) is 17.8 Å². The van der Waals surface area contributed by atoms with Gasteiger partial charge in [0, 0.05) is 62.6 Å². The van der Waals surface area contributed by atoms with Gasteiger partial charge in [-0.15, -0.1) is 0 Å². The molecule has 0 aliphatic carbocycles. The summed E-state index contributed by atoms with van der Waals surface area (Å²) < 4.78 is 0. The normalized spacial score (nSPS) is 20.1. The second kappa shape index (κ2) is 32.6. The first kappa shape index (κ1) is 62.6. The molecular weight excluding hydrogens is 1000 g/mol. The third-order valence-corrected chi connectivity index (χ3v) is 13.3. The Balaban J connectivity index is 1.76. The minimum Gasteiger partial charge on any atom is -0.508 e. The molecule has 1 heterocycles. The smallest absolute Gasteiger partial charge is 0.240 e. The van der Waals surface area contributed by atoms with Crippen molar-refractivity contribution in [1.82, 2.24) is 31.9 Å². The van der Waals surface area contributed by atoms with E-state index in [0.717, 1.165) is 10.8 Å². The van der Waals surface area contributed by atoms with Crippen LogP contribution < -0.4 is 60.6 Å². The van der Waals surface area contributed by atoms with Gasteiger partial charge in [0.05, 0.1) is 25.2 Å². The maximum Gasteiger partial charge on any atom is 0.240 e. The van der Waals surface area contributed by atoms with Gasteiger partial charge in [-0.3, -0.25) is 53.1 Å². The van der Waals surface area contributed by atoms with Crippen molar-refractivity contribution >= 4 is 75.5 Å². The lowest BCUT2D eigenvalue weighted by Gasteiger charge is -2.25. The number of nitrogens with one attached hydrogen (secondary N) is 6. The van der Waals surface area contributed by atoms with Crippen molar-refractivity contribution < 1.29 is 48.3 Å². The summed E-state index contributed by atoms with van der Waals surface area (Å²) in [5.74, 6) is -9.72. The summed E-state index contributed by atoms with van der Waals surface area (Å²) in [5, 5.41) is 28.5. The Kier molecular flexibility index (Phi) is 26.2. The molecule has 0 spiro atoms. The highest BCUT2D eigenvalue weighted by Crippen LogP contribution is 2.23. The number of amides is 6. The molecule has 1 aliphatic heterocycles. The number of fused-ring (bicyclic) bond motifs is 1. The number of Topliss-reactive ketones (excluding diaryl/α,β-unsaturated/α-hetero) is 3. The molecule has 6 amide bonds. The highest BCUT2D eigenvalue weighted by molar-refractivity contribution is 5.97. The number of ketones is 3. The Morgan fingerprint density at radius 1 is 0.667 bits per heavy atom. The van der Waals surface area contributed by atoms with Crippen molar-refractivity contribution in [3.63, 3.8) is 0 Å². The summed E-state index contributed by atoms with van der Waals surface area (Å²) in [6, 6.07) is 15.8. The number of guanidine groups is 2. The summed E-state index contributed by atoms with van der Waals surface area (Å²) in [6.45, 7) is 3.69. The molecule has 78 heavy (non-hydrogen) atoms. The molecule has 3 aromatic rings. The fourth-order valence-corrected chi connectivity index (χ4v) is 9.03. The van der Waals surface area contributed by atoms with Crippen molar-refractivity contribution in [3.05, 3.63) is 77.9 Å². The van der Waals surface area contributed by atoms with Crippen molar-refractivity contribution in [2.75, 3.05) is 32.7 Å². The molecule has 17 N–H and O–H groups in total. The van der Waals surface area contributed by atoms with Crippen molar-refractivity contribution in [3.8, 4) is 5.75 Å². The predicted octanol–water partition coefficient (Wildman–Crippen LogP) is 0.298. The molecule has 3 aromatic carbocycles. The van der Waals surface area contributed by atoms with Crippen LogP contribution in [0.1, 0.15) is 102 Å². The van der Waals surface area contributed by atoms with E-state index in [1.165, 1.54) is 12.1 Å². The first-order valence-electron chi connectivity index (χ1n) is 26.6. The Labute approximate surface area is 454 Å². The van der Waals surface area contributed by atoms with E-state index in [1.807, 2.05) is 56.3 Å². The molecule has 1 aliphatic rings. The van der Waals surface area contributed by atoms with Crippen molar-refractivity contribution in [2.24, 2.45) is 56.4 Å². The van der Waals surface area contributed by atoms with Gasteiger partial charge in [-0.1, -0.05) is 74.9 Å². The molecule has 0 unspecified atom stereocenters. The lowest BCUT2D eigenvalue weighted by molar-refractivity contribution is -0.135. The number of carbonyl (C=O) groups is 9. The van der Waals surface area contributed by atoms with Gasteiger partial charge in [0.15, 0.2) is 29.3 Å². The maximum atomic E-state index is 14.7. The first-order chi connectivity index (χ1) is 37.2. The van der Waals surface area contributed by atoms with Crippen molar-refractivity contribution in [1.29, 1.82) is 0 Å². The summed E-state index contributed by atoms with van der Waals surface area (Å²) in [5.41, 5.74) is 28.9. The van der Waals surface area contributed by atoms with Crippen LogP contribution in [0.15, 0.2) is 76.7 Å². The predicted molar refractivity (Wildman–Crippen MR) is 296 cm³/mol. The summed E-state index contributed by atoms with van der Waals surface area (Å²) in [4.78, 5) is 133. The topological polar surface area (TPSA) is 401 Å². The van der Waals surface area contributed by atoms with Gasteiger partial charge >= 0.3 is 0 Å². The number of rotatable bonds is 21. The summed E-state index contributed by atoms with van der Waals surface area (Å²) in [6.07, 6.45) is 0.0581. The number of primary amides is 1. The Morgan fingerprint density at radius 3 is 2.00 bits per heavy atom. The molecule has 0 saturated carbocycles. The fourth-order valence-electron chi connectivity index (χ4n) is 9.03. The molecule has 424 valence electrons. The number of aromatic hydroxyl groups is 1. The second-order valence-corrected chi connectivity index (χ2v) is 20.1. The van der Waals surface area contributed by atoms with Crippen LogP contribution in [0.3, 0.4) is 0 Å². The third-order valence-electron chi connectivity index (χ3n) is 13.3. The summed E-state index contributed by atoms with van der Waals surface area (Å²) >= 11 is 0. The molecule has 0 aromatic heterocycles. The highest BCUT2D eigenvalue weighted by Gasteiger charge is 2.34. The number of carbonyl (C=O) groups excluding carboxylic acids is 9. The van der Waals surface area contributed by atoms with Gasteiger partial charge in [0.1, 0.15) is 11.8 Å². The van der Waals surface area contributed by atoms with Gasteiger partial charge in [0.2, 0.25) is 35.4 Å². The number of phenolic OH excluding ortho intramolecular Hbond substituents is 1. The Bertz CT molecular complexity index is 2600. The highest BCUT2D eigenvalue weighted by atomic mass is 16.3. The molecule has 0 bridgehead atoms. The number of aliphatic imine (C=N–C) groups is 2. The molecular formula is C55H79N13O10. The SMILES string of the molecule is CC(C)NCCCC[C@@H]1CC(=O)[C@H](Cc2ccc(O)cc2)NC(=O)CNC(=O)CC[C@H](C(=O)N[C@@H](CCCN=C(N)N)C(N)=O)CC(=O)CNC(=O)[C@H](Cc2ccc3ccccc3c2)CC(=O)[C@@H](CCCN=C(N)N)NC1=O. The number of nitrogens with zero attached hydrogens (tertiary/aromatic N) is 2. The zero-order valence-corrected chi connectivity index (χ0v) is 44.7. The zero-order valence-electron chi connectivity index (χ0n) is 44.7. The molecule has 6 atom stereocenters. The molecule has 4 rings (SSSR count). The average molecular weight is 1080 g/mol. The lowest BCUT2D eigenvalue weighted by Crippen LogP contribution is -2.49. The lowest BCUT2D eigenvalue weighted by atomic mass is 9.88. The van der Waals surface area contributed by atoms with Crippen LogP contribution in [-0.2, 0) is 56.0 Å². The molecule has 0 radical (unpaired) electrons. The Morgan fingerprint density at radius 2 is 1.32 bits per heavy atom. The van der Waals surface area contributed by atoms with Crippen LogP contribution >= 0.6 is 0 Å². The quantitative estimate of drug-likeness (QED) is 0.0388. The van der Waals surface area contributed by atoms with Gasteiger partial charge in [-0.05, 0) is 98.4 Å². The van der Waals surface area contributed by atoms with E-state index in [9.17, 15) is 48.3 Å². The van der Waals surface area contributed by atoms with Gasteiger partial charge in [-0.25, -0.2) is 0 Å². The molecule has 1 saturated heterocycles. The number of nitrogens with two attached hydrogens (primary N) is 5. The third kappa shape index (κ3) is 23.1. The van der Waals surface area contributed by atoms with Gasteiger partial charge in [0.25, 0.3) is 0 Å². The van der Waals surface area contributed by atoms with E-state index in [0.29, 0.717) is 30.5 Å². The average Bonchev–Trinajstić information content (AvgIpc) is 3.39. The van der Waals surface area contributed by atoms with Crippen LogP contribution in [-0.4, -0.2) is 127 Å². The first-order valence-corrected chi connectivity index (χ1v) is 26.6. The number of hydrogen-bond donors (Lipinski definition) is 12. The molecule has 1 fully saturated rings. The van der Waals surface area contributed by atoms with E-state index >= 15 is 0 Å². The van der Waals surface area contributed by atoms with Crippen LogP contribution in [0.25, 0.3) is 10.8 Å². The minimum absolute atomic E-state index is 0.0296.